The number of fused-ring (bicyclic) bond motifs is 6. The van der Waals surface area contributed by atoms with Gasteiger partial charge in [0.2, 0.25) is 0 Å². The lowest BCUT2D eigenvalue weighted by Crippen LogP contribution is -2.08. The second-order valence-electron chi connectivity index (χ2n) is 11.4. The molecule has 1 nitrogen and oxygen atoms in total. The molecule has 0 atom stereocenters. The summed E-state index contributed by atoms with van der Waals surface area (Å²) in [6.07, 6.45) is 0. The van der Waals surface area contributed by atoms with E-state index in [0.29, 0.717) is 11.1 Å². The minimum Gasteiger partial charge on any atom is -0.289 e. The smallest absolute Gasteiger partial charge is 0.195 e. The lowest BCUT2D eigenvalue weighted by Gasteiger charge is -2.16. The maximum atomic E-state index is 15.5. The van der Waals surface area contributed by atoms with Crippen molar-refractivity contribution >= 4 is 32.3 Å². The molecule has 0 aliphatic carbocycles. The molecule has 0 heterocycles. The van der Waals surface area contributed by atoms with Crippen LogP contribution in [0, 0.1) is 11.6 Å². The fourth-order valence-electron chi connectivity index (χ4n) is 6.83. The van der Waals surface area contributed by atoms with Gasteiger partial charge < -0.3 is 0 Å². The zero-order valence-electron chi connectivity index (χ0n) is 24.7. The summed E-state index contributed by atoms with van der Waals surface area (Å²) >= 11 is 0. The van der Waals surface area contributed by atoms with Crippen molar-refractivity contribution in [1.82, 2.24) is 0 Å². The summed E-state index contributed by atoms with van der Waals surface area (Å²) < 4.78 is 28.9. The molecular weight excluding hydrogens is 570 g/mol. The van der Waals surface area contributed by atoms with Crippen LogP contribution in [-0.4, -0.2) is 0 Å². The van der Waals surface area contributed by atoms with Gasteiger partial charge in [-0.05, 0) is 78.8 Å². The molecule has 0 aliphatic heterocycles. The monoisotopic (exact) mass is 596 g/mol. The Labute approximate surface area is 264 Å². The molecule has 218 valence electrons. The molecule has 0 spiro atoms. The Kier molecular flexibility index (Phi) is 6.73. The van der Waals surface area contributed by atoms with Crippen molar-refractivity contribution in [1.29, 1.82) is 0 Å². The number of benzene rings is 7. The van der Waals surface area contributed by atoms with Crippen LogP contribution < -0.4 is 5.43 Å². The van der Waals surface area contributed by atoms with Gasteiger partial charge >= 0.3 is 0 Å². The Bertz CT molecular complexity index is 2300. The molecule has 0 amide bonds. The first-order chi connectivity index (χ1) is 22.6. The van der Waals surface area contributed by atoms with Gasteiger partial charge in [-0.1, -0.05) is 133 Å². The van der Waals surface area contributed by atoms with E-state index < -0.39 is 0 Å². The molecular formula is C43H26F2O. The van der Waals surface area contributed by atoms with Gasteiger partial charge in [-0.25, -0.2) is 8.78 Å². The number of hydrogen-bond acceptors (Lipinski definition) is 1. The van der Waals surface area contributed by atoms with E-state index in [1.54, 1.807) is 24.3 Å². The molecule has 0 unspecified atom stereocenters. The van der Waals surface area contributed by atoms with Crippen LogP contribution in [-0.2, 0) is 0 Å². The normalized spacial score (nSPS) is 11.3. The largest absolute Gasteiger partial charge is 0.289 e. The first-order valence-corrected chi connectivity index (χ1v) is 15.2. The van der Waals surface area contributed by atoms with E-state index in [-0.39, 0.29) is 17.1 Å². The van der Waals surface area contributed by atoms with E-state index in [1.165, 1.54) is 24.3 Å². The van der Waals surface area contributed by atoms with Gasteiger partial charge in [-0.2, -0.15) is 0 Å². The van der Waals surface area contributed by atoms with E-state index in [2.05, 4.69) is 24.3 Å². The van der Waals surface area contributed by atoms with Crippen molar-refractivity contribution in [3.8, 4) is 44.5 Å². The Morgan fingerprint density at radius 3 is 0.978 bits per heavy atom. The molecule has 0 aliphatic rings. The predicted molar refractivity (Wildman–Crippen MR) is 187 cm³/mol. The highest BCUT2D eigenvalue weighted by atomic mass is 19.1. The van der Waals surface area contributed by atoms with Gasteiger partial charge in [0.15, 0.2) is 5.43 Å². The lowest BCUT2D eigenvalue weighted by atomic mass is 9.86. The third-order valence-corrected chi connectivity index (χ3v) is 8.78. The van der Waals surface area contributed by atoms with Crippen LogP contribution in [0.2, 0.25) is 0 Å². The Morgan fingerprint density at radius 2 is 0.609 bits per heavy atom. The molecule has 46 heavy (non-hydrogen) atoms. The summed E-state index contributed by atoms with van der Waals surface area (Å²) in [4.78, 5) is 15.5. The van der Waals surface area contributed by atoms with Crippen molar-refractivity contribution in [2.75, 3.05) is 0 Å². The van der Waals surface area contributed by atoms with Crippen molar-refractivity contribution < 1.29 is 8.78 Å². The molecule has 0 bridgehead atoms. The fraction of sp³-hybridized carbons (Fsp3) is 0. The van der Waals surface area contributed by atoms with Gasteiger partial charge in [-0.3, -0.25) is 4.79 Å². The van der Waals surface area contributed by atoms with E-state index >= 15 is 4.79 Å². The zero-order valence-corrected chi connectivity index (χ0v) is 24.7. The predicted octanol–water partition coefficient (Wildman–Crippen LogP) is 11.5. The van der Waals surface area contributed by atoms with Gasteiger partial charge in [-0.15, -0.1) is 0 Å². The first kappa shape index (κ1) is 27.6. The average Bonchev–Trinajstić information content (AvgIpc) is 3.22. The molecule has 0 saturated heterocycles. The van der Waals surface area contributed by atoms with Crippen LogP contribution in [0.15, 0.2) is 163 Å². The second kappa shape index (κ2) is 11.2. The maximum absolute atomic E-state index is 15.5. The SMILES string of the molecule is O=c1c(-c2ccccc2)c(-c2ccc(F)cc2)c2c3ccccc3c3ccccc3c2c(-c2ccc(F)cc2)c1-c1ccccc1. The minimum absolute atomic E-state index is 0.166. The quantitative estimate of drug-likeness (QED) is 0.185. The topological polar surface area (TPSA) is 17.1 Å². The average molecular weight is 597 g/mol. The summed E-state index contributed by atoms with van der Waals surface area (Å²) in [7, 11) is 0. The highest BCUT2D eigenvalue weighted by Gasteiger charge is 2.26. The van der Waals surface area contributed by atoms with Gasteiger partial charge in [0.25, 0.3) is 0 Å². The van der Waals surface area contributed by atoms with E-state index in [0.717, 1.165) is 65.7 Å². The van der Waals surface area contributed by atoms with Gasteiger partial charge in [0.1, 0.15) is 11.6 Å². The lowest BCUT2D eigenvalue weighted by molar-refractivity contribution is 0.627. The van der Waals surface area contributed by atoms with Crippen LogP contribution in [0.5, 0.6) is 0 Å². The summed E-state index contributed by atoms with van der Waals surface area (Å²) in [5.74, 6) is -0.714. The molecule has 0 radical (unpaired) electrons. The highest BCUT2D eigenvalue weighted by molar-refractivity contribution is 6.33. The molecule has 8 aromatic rings. The van der Waals surface area contributed by atoms with Crippen molar-refractivity contribution in [2.45, 2.75) is 0 Å². The fourth-order valence-corrected chi connectivity index (χ4v) is 6.83. The molecule has 3 heteroatoms. The minimum atomic E-state index is -0.357. The summed E-state index contributed by atoms with van der Waals surface area (Å²) in [6.45, 7) is 0. The van der Waals surface area contributed by atoms with Gasteiger partial charge in [0.05, 0.1) is 0 Å². The highest BCUT2D eigenvalue weighted by Crippen LogP contribution is 2.48. The number of hydrogen-bond donors (Lipinski definition) is 0. The molecule has 0 fully saturated rings. The van der Waals surface area contributed by atoms with Crippen molar-refractivity contribution in [3.05, 3.63) is 180 Å². The van der Waals surface area contributed by atoms with Crippen LogP contribution in [0.1, 0.15) is 0 Å². The Hall–Kier alpha value is -5.93. The van der Waals surface area contributed by atoms with Crippen LogP contribution in [0.3, 0.4) is 0 Å². The van der Waals surface area contributed by atoms with Crippen LogP contribution in [0.4, 0.5) is 8.78 Å². The Morgan fingerprint density at radius 1 is 0.304 bits per heavy atom. The molecule has 0 saturated carbocycles. The maximum Gasteiger partial charge on any atom is 0.195 e. The number of halogens is 2. The van der Waals surface area contributed by atoms with E-state index in [9.17, 15) is 8.78 Å². The number of rotatable bonds is 4. The molecule has 0 aromatic heterocycles. The second-order valence-corrected chi connectivity index (χ2v) is 11.4. The zero-order chi connectivity index (χ0) is 31.2. The van der Waals surface area contributed by atoms with Crippen LogP contribution >= 0.6 is 0 Å². The van der Waals surface area contributed by atoms with Crippen molar-refractivity contribution in [3.63, 3.8) is 0 Å². The van der Waals surface area contributed by atoms with Gasteiger partial charge in [0, 0.05) is 22.3 Å². The summed E-state index contributed by atoms with van der Waals surface area (Å²) in [5.41, 5.74) is 5.27. The van der Waals surface area contributed by atoms with Crippen LogP contribution in [0.25, 0.3) is 76.8 Å². The van der Waals surface area contributed by atoms with Crippen molar-refractivity contribution in [2.24, 2.45) is 0 Å². The summed E-state index contributed by atoms with van der Waals surface area (Å²) in [6, 6.07) is 48.6. The Balaban J connectivity index is 1.80. The van der Waals surface area contributed by atoms with E-state index in [1.807, 2.05) is 84.9 Å². The summed E-state index contributed by atoms with van der Waals surface area (Å²) in [5, 5.41) is 5.75. The third kappa shape index (κ3) is 4.48. The molecule has 0 N–H and O–H groups in total. The standard InChI is InChI=1S/C43H26F2O/c44-31-23-19-29(20-24-31)37-39(27-11-3-1-4-12-27)43(46)40(28-13-5-2-6-14-28)38(30-21-25-32(45)26-22-30)42-36-18-10-8-16-34(36)33-15-7-9-17-35(33)41(37)42/h1-26H. The van der Waals surface area contributed by atoms with E-state index in [4.69, 9.17) is 0 Å². The molecule has 8 aromatic carbocycles. The molecule has 8 rings (SSSR count). The first-order valence-electron chi connectivity index (χ1n) is 15.2. The third-order valence-electron chi connectivity index (χ3n) is 8.78.